The molecule has 0 aromatic heterocycles. The Balaban J connectivity index is 1.82. The van der Waals surface area contributed by atoms with E-state index in [9.17, 15) is 9.59 Å². The summed E-state index contributed by atoms with van der Waals surface area (Å²) in [5, 5.41) is 3.28. The standard InChI is InChI=1S/C28H28N2O3/c1-6-33-22-11-9-21(10-12-22)30-27(31)25(23-13-7-17(2)15-19(23)4)26(28(30)32)29-24-14-8-18(3)16-20(24)5/h7-16,29H,6H2,1-5H3. The maximum absolute atomic E-state index is 13.7. The highest BCUT2D eigenvalue weighted by Gasteiger charge is 2.40. The Morgan fingerprint density at radius 1 is 0.788 bits per heavy atom. The molecule has 4 rings (SSSR count). The first-order chi connectivity index (χ1) is 15.8. The number of nitrogens with zero attached hydrogens (tertiary/aromatic N) is 1. The van der Waals surface area contributed by atoms with Crippen LogP contribution < -0.4 is 15.0 Å². The van der Waals surface area contributed by atoms with E-state index in [0.29, 0.717) is 23.6 Å². The van der Waals surface area contributed by atoms with Gasteiger partial charge < -0.3 is 10.1 Å². The van der Waals surface area contributed by atoms with Crippen LogP contribution in [0.3, 0.4) is 0 Å². The van der Waals surface area contributed by atoms with Crippen molar-refractivity contribution < 1.29 is 14.3 Å². The fourth-order valence-corrected chi connectivity index (χ4v) is 4.17. The van der Waals surface area contributed by atoms with Gasteiger partial charge in [0.15, 0.2) is 0 Å². The quantitative estimate of drug-likeness (QED) is 0.499. The van der Waals surface area contributed by atoms with Gasteiger partial charge in [-0.1, -0.05) is 41.5 Å². The lowest BCUT2D eigenvalue weighted by atomic mass is 9.97. The lowest BCUT2D eigenvalue weighted by Gasteiger charge is -2.16. The zero-order valence-electron chi connectivity index (χ0n) is 19.7. The number of rotatable bonds is 6. The van der Waals surface area contributed by atoms with Gasteiger partial charge in [-0.15, -0.1) is 0 Å². The number of imide groups is 1. The molecule has 0 bridgehead atoms. The number of hydrogen-bond donors (Lipinski definition) is 1. The van der Waals surface area contributed by atoms with E-state index >= 15 is 0 Å². The van der Waals surface area contributed by atoms with Gasteiger partial charge in [0.1, 0.15) is 11.4 Å². The molecule has 1 aliphatic rings. The minimum Gasteiger partial charge on any atom is -0.494 e. The Morgan fingerprint density at radius 3 is 2.03 bits per heavy atom. The first kappa shape index (κ1) is 22.3. The second-order valence-electron chi connectivity index (χ2n) is 8.38. The summed E-state index contributed by atoms with van der Waals surface area (Å²) in [4.78, 5) is 28.5. The van der Waals surface area contributed by atoms with Crippen molar-refractivity contribution in [2.75, 3.05) is 16.8 Å². The van der Waals surface area contributed by atoms with Crippen molar-refractivity contribution in [2.24, 2.45) is 0 Å². The van der Waals surface area contributed by atoms with Crippen molar-refractivity contribution in [2.45, 2.75) is 34.6 Å². The third kappa shape index (κ3) is 4.27. The molecule has 1 N–H and O–H groups in total. The molecule has 0 radical (unpaired) electrons. The molecule has 5 nitrogen and oxygen atoms in total. The zero-order chi connectivity index (χ0) is 23.7. The topological polar surface area (TPSA) is 58.6 Å². The highest BCUT2D eigenvalue weighted by molar-refractivity contribution is 6.46. The van der Waals surface area contributed by atoms with Crippen molar-refractivity contribution in [1.82, 2.24) is 0 Å². The van der Waals surface area contributed by atoms with Crippen LogP contribution in [0.4, 0.5) is 11.4 Å². The first-order valence-corrected chi connectivity index (χ1v) is 11.1. The van der Waals surface area contributed by atoms with Gasteiger partial charge >= 0.3 is 0 Å². The molecule has 0 aliphatic carbocycles. The average molecular weight is 441 g/mol. The first-order valence-electron chi connectivity index (χ1n) is 11.1. The third-order valence-electron chi connectivity index (χ3n) is 5.78. The van der Waals surface area contributed by atoms with Crippen LogP contribution in [0, 0.1) is 27.7 Å². The van der Waals surface area contributed by atoms with E-state index in [1.54, 1.807) is 24.3 Å². The molecule has 0 fully saturated rings. The molecule has 1 heterocycles. The molecular weight excluding hydrogens is 412 g/mol. The highest BCUT2D eigenvalue weighted by atomic mass is 16.5. The minimum atomic E-state index is -0.376. The van der Waals surface area contributed by atoms with Gasteiger partial charge in [0.2, 0.25) is 0 Å². The van der Waals surface area contributed by atoms with E-state index in [4.69, 9.17) is 4.74 Å². The molecule has 5 heteroatoms. The molecular formula is C28H28N2O3. The number of benzene rings is 3. The summed E-state index contributed by atoms with van der Waals surface area (Å²) < 4.78 is 5.51. The van der Waals surface area contributed by atoms with E-state index in [0.717, 1.165) is 33.5 Å². The lowest BCUT2D eigenvalue weighted by Crippen LogP contribution is -2.32. The second-order valence-corrected chi connectivity index (χ2v) is 8.38. The minimum absolute atomic E-state index is 0.285. The second kappa shape index (κ2) is 8.94. The predicted octanol–water partition coefficient (Wildman–Crippen LogP) is 5.72. The Hall–Kier alpha value is -3.86. The van der Waals surface area contributed by atoms with Gasteiger partial charge in [0, 0.05) is 5.69 Å². The summed E-state index contributed by atoms with van der Waals surface area (Å²) in [6.45, 7) is 10.4. The maximum Gasteiger partial charge on any atom is 0.282 e. The van der Waals surface area contributed by atoms with Gasteiger partial charge in [0.05, 0.1) is 17.9 Å². The zero-order valence-corrected chi connectivity index (χ0v) is 19.7. The van der Waals surface area contributed by atoms with Crippen LogP contribution >= 0.6 is 0 Å². The van der Waals surface area contributed by atoms with Crippen LogP contribution in [0.25, 0.3) is 5.57 Å². The Labute approximate surface area is 194 Å². The molecule has 168 valence electrons. The molecule has 1 aliphatic heterocycles. The highest BCUT2D eigenvalue weighted by Crippen LogP contribution is 2.36. The number of hydrogen-bond acceptors (Lipinski definition) is 4. The number of aryl methyl sites for hydroxylation is 4. The fraction of sp³-hybridized carbons (Fsp3) is 0.214. The monoisotopic (exact) mass is 440 g/mol. The van der Waals surface area contributed by atoms with E-state index in [1.165, 1.54) is 4.90 Å². The molecule has 3 aromatic rings. The molecule has 3 aromatic carbocycles. The van der Waals surface area contributed by atoms with E-state index in [2.05, 4.69) is 5.32 Å². The summed E-state index contributed by atoms with van der Waals surface area (Å²) in [5.74, 6) is -0.0287. The van der Waals surface area contributed by atoms with Crippen molar-refractivity contribution in [3.05, 3.63) is 94.2 Å². The van der Waals surface area contributed by atoms with E-state index in [1.807, 2.05) is 71.0 Å². The summed E-state index contributed by atoms with van der Waals surface area (Å²) in [6, 6.07) is 18.9. The van der Waals surface area contributed by atoms with Gasteiger partial charge in [0.25, 0.3) is 11.8 Å². The van der Waals surface area contributed by atoms with Gasteiger partial charge in [-0.05, 0) is 81.6 Å². The molecule has 0 saturated carbocycles. The summed E-state index contributed by atoms with van der Waals surface area (Å²) >= 11 is 0. The summed E-state index contributed by atoms with van der Waals surface area (Å²) in [6.07, 6.45) is 0. The number of carbonyl (C=O) groups is 2. The smallest absolute Gasteiger partial charge is 0.282 e. The van der Waals surface area contributed by atoms with Gasteiger partial charge in [-0.2, -0.15) is 0 Å². The van der Waals surface area contributed by atoms with Crippen LogP contribution in [0.1, 0.15) is 34.7 Å². The third-order valence-corrected chi connectivity index (χ3v) is 5.78. The van der Waals surface area contributed by atoms with Crippen LogP contribution in [-0.2, 0) is 9.59 Å². The maximum atomic E-state index is 13.7. The number of nitrogens with one attached hydrogen (secondary N) is 1. The molecule has 0 spiro atoms. The predicted molar refractivity (Wildman–Crippen MR) is 132 cm³/mol. The molecule has 0 saturated heterocycles. The van der Waals surface area contributed by atoms with Crippen molar-refractivity contribution in [3.63, 3.8) is 0 Å². The molecule has 0 unspecified atom stereocenters. The molecule has 0 atom stereocenters. The SMILES string of the molecule is CCOc1ccc(N2C(=O)C(Nc3ccc(C)cc3C)=C(c3ccc(C)cc3C)C2=O)cc1. The van der Waals surface area contributed by atoms with Crippen molar-refractivity contribution in [3.8, 4) is 5.75 Å². The van der Waals surface area contributed by atoms with Crippen LogP contribution in [0.5, 0.6) is 5.75 Å². The van der Waals surface area contributed by atoms with Gasteiger partial charge in [-0.3, -0.25) is 9.59 Å². The average Bonchev–Trinajstić information content (AvgIpc) is 3.01. The summed E-state index contributed by atoms with van der Waals surface area (Å²) in [5.41, 5.74) is 6.90. The van der Waals surface area contributed by atoms with E-state index < -0.39 is 0 Å². The Kier molecular flexibility index (Phi) is 6.05. The Morgan fingerprint density at radius 2 is 1.42 bits per heavy atom. The normalized spacial score (nSPS) is 13.7. The van der Waals surface area contributed by atoms with Crippen molar-refractivity contribution >= 4 is 28.8 Å². The molecule has 33 heavy (non-hydrogen) atoms. The van der Waals surface area contributed by atoms with E-state index in [-0.39, 0.29) is 17.5 Å². The number of ether oxygens (including phenoxy) is 1. The largest absolute Gasteiger partial charge is 0.494 e. The lowest BCUT2D eigenvalue weighted by molar-refractivity contribution is -0.120. The summed E-state index contributed by atoms with van der Waals surface area (Å²) in [7, 11) is 0. The van der Waals surface area contributed by atoms with Crippen molar-refractivity contribution in [1.29, 1.82) is 0 Å². The number of amides is 2. The number of anilines is 2. The van der Waals surface area contributed by atoms with Crippen LogP contribution in [-0.4, -0.2) is 18.4 Å². The van der Waals surface area contributed by atoms with Crippen LogP contribution in [0.15, 0.2) is 66.4 Å². The van der Waals surface area contributed by atoms with Crippen LogP contribution in [0.2, 0.25) is 0 Å². The molecule has 2 amide bonds. The van der Waals surface area contributed by atoms with Gasteiger partial charge in [-0.25, -0.2) is 4.90 Å². The number of carbonyl (C=O) groups excluding carboxylic acids is 2. The fourth-order valence-electron chi connectivity index (χ4n) is 4.17. The Bertz CT molecular complexity index is 1270.